The van der Waals surface area contributed by atoms with E-state index in [0.717, 1.165) is 37.1 Å². The summed E-state index contributed by atoms with van der Waals surface area (Å²) in [6.45, 7) is 3.49. The minimum atomic E-state index is -0.916. The van der Waals surface area contributed by atoms with Gasteiger partial charge in [0.1, 0.15) is 5.69 Å². The lowest BCUT2D eigenvalue weighted by Gasteiger charge is -2.33. The van der Waals surface area contributed by atoms with E-state index in [2.05, 4.69) is 11.9 Å². The van der Waals surface area contributed by atoms with Gasteiger partial charge < -0.3 is 15.0 Å². The standard InChI is InChI=1S/C19H22N2O3/c1-2-16-9-10-17(20-16)18(22)21-11-3-4-15(12-21)13-5-7-14(8-6-13)19(23)24/h5-10,15,20H,2-4,11-12H2,1H3,(H,23,24)/t15-/m1/s1. The molecule has 126 valence electrons. The molecule has 1 atom stereocenters. The number of likely N-dealkylation sites (tertiary alicyclic amines) is 1. The van der Waals surface area contributed by atoms with E-state index in [0.29, 0.717) is 17.8 Å². The molecule has 0 aliphatic carbocycles. The minimum absolute atomic E-state index is 0.0431. The van der Waals surface area contributed by atoms with Crippen LogP contribution >= 0.6 is 0 Å². The molecule has 24 heavy (non-hydrogen) atoms. The molecule has 5 nitrogen and oxygen atoms in total. The average molecular weight is 326 g/mol. The Kier molecular flexibility index (Phi) is 4.69. The number of hydrogen-bond donors (Lipinski definition) is 2. The molecule has 0 saturated carbocycles. The summed E-state index contributed by atoms with van der Waals surface area (Å²) >= 11 is 0. The van der Waals surface area contributed by atoms with Crippen LogP contribution in [0.25, 0.3) is 0 Å². The van der Waals surface area contributed by atoms with E-state index >= 15 is 0 Å². The lowest BCUT2D eigenvalue weighted by atomic mass is 9.90. The molecule has 2 aromatic rings. The van der Waals surface area contributed by atoms with Gasteiger partial charge in [0.05, 0.1) is 5.56 Å². The number of carbonyl (C=O) groups is 2. The summed E-state index contributed by atoms with van der Waals surface area (Å²) < 4.78 is 0. The Morgan fingerprint density at radius 2 is 1.96 bits per heavy atom. The summed E-state index contributed by atoms with van der Waals surface area (Å²) in [5, 5.41) is 8.99. The van der Waals surface area contributed by atoms with Gasteiger partial charge in [0.25, 0.3) is 5.91 Å². The van der Waals surface area contributed by atoms with Gasteiger partial charge in [-0.3, -0.25) is 4.79 Å². The SMILES string of the molecule is CCc1ccc(C(=O)N2CCC[C@@H](c3ccc(C(=O)O)cc3)C2)[nH]1. The number of carboxylic acids is 1. The number of hydrogen-bond acceptors (Lipinski definition) is 2. The Labute approximate surface area is 141 Å². The van der Waals surface area contributed by atoms with Crippen molar-refractivity contribution in [3.63, 3.8) is 0 Å². The number of aromatic carboxylic acids is 1. The second-order valence-corrected chi connectivity index (χ2v) is 6.27. The molecule has 0 bridgehead atoms. The molecule has 2 N–H and O–H groups in total. The Morgan fingerprint density at radius 3 is 2.58 bits per heavy atom. The maximum Gasteiger partial charge on any atom is 0.335 e. The van der Waals surface area contributed by atoms with Gasteiger partial charge in [-0.15, -0.1) is 0 Å². The number of aryl methyl sites for hydroxylation is 1. The van der Waals surface area contributed by atoms with Gasteiger partial charge in [0.15, 0.2) is 0 Å². The zero-order chi connectivity index (χ0) is 17.1. The van der Waals surface area contributed by atoms with Crippen LogP contribution in [-0.4, -0.2) is 40.0 Å². The number of aromatic nitrogens is 1. The summed E-state index contributed by atoms with van der Waals surface area (Å²) in [7, 11) is 0. The molecule has 0 radical (unpaired) electrons. The molecule has 2 heterocycles. The lowest BCUT2D eigenvalue weighted by Crippen LogP contribution is -2.39. The molecule has 1 fully saturated rings. The maximum absolute atomic E-state index is 12.7. The van der Waals surface area contributed by atoms with Crippen molar-refractivity contribution in [1.82, 2.24) is 9.88 Å². The molecule has 3 rings (SSSR count). The zero-order valence-corrected chi connectivity index (χ0v) is 13.8. The van der Waals surface area contributed by atoms with Crippen LogP contribution in [0.3, 0.4) is 0 Å². The molecular formula is C19H22N2O3. The van der Waals surface area contributed by atoms with Crippen molar-refractivity contribution in [3.05, 3.63) is 58.9 Å². The number of H-pyrrole nitrogens is 1. The Morgan fingerprint density at radius 1 is 1.21 bits per heavy atom. The number of nitrogens with zero attached hydrogens (tertiary/aromatic N) is 1. The van der Waals surface area contributed by atoms with Gasteiger partial charge in [-0.25, -0.2) is 4.79 Å². The zero-order valence-electron chi connectivity index (χ0n) is 13.8. The van der Waals surface area contributed by atoms with Crippen molar-refractivity contribution in [1.29, 1.82) is 0 Å². The highest BCUT2D eigenvalue weighted by Crippen LogP contribution is 2.28. The molecule has 1 aliphatic rings. The molecule has 1 aliphatic heterocycles. The van der Waals surface area contributed by atoms with Gasteiger partial charge in [-0.2, -0.15) is 0 Å². The van der Waals surface area contributed by atoms with E-state index in [9.17, 15) is 9.59 Å². The predicted octanol–water partition coefficient (Wildman–Crippen LogP) is 3.30. The van der Waals surface area contributed by atoms with Crippen molar-refractivity contribution in [2.24, 2.45) is 0 Å². The highest BCUT2D eigenvalue weighted by molar-refractivity contribution is 5.92. The molecule has 1 aromatic heterocycles. The van der Waals surface area contributed by atoms with Crippen LogP contribution in [0.15, 0.2) is 36.4 Å². The number of rotatable bonds is 4. The summed E-state index contributed by atoms with van der Waals surface area (Å²) in [5.41, 5.74) is 3.10. The van der Waals surface area contributed by atoms with Crippen molar-refractivity contribution >= 4 is 11.9 Å². The number of nitrogens with one attached hydrogen (secondary N) is 1. The Bertz CT molecular complexity index is 733. The normalized spacial score (nSPS) is 17.7. The quantitative estimate of drug-likeness (QED) is 0.905. The monoisotopic (exact) mass is 326 g/mol. The fourth-order valence-electron chi connectivity index (χ4n) is 3.27. The van der Waals surface area contributed by atoms with Gasteiger partial charge in [0, 0.05) is 24.7 Å². The Hall–Kier alpha value is -2.56. The van der Waals surface area contributed by atoms with Gasteiger partial charge >= 0.3 is 5.97 Å². The predicted molar refractivity (Wildman–Crippen MR) is 91.5 cm³/mol. The van der Waals surface area contributed by atoms with E-state index in [4.69, 9.17) is 5.11 Å². The van der Waals surface area contributed by atoms with Crippen LogP contribution in [0, 0.1) is 0 Å². The summed E-state index contributed by atoms with van der Waals surface area (Å²) in [5.74, 6) is -0.617. The number of carboxylic acid groups (broad SMARTS) is 1. The van der Waals surface area contributed by atoms with Crippen LogP contribution < -0.4 is 0 Å². The first-order chi connectivity index (χ1) is 11.6. The van der Waals surface area contributed by atoms with E-state index in [-0.39, 0.29) is 11.8 Å². The largest absolute Gasteiger partial charge is 0.478 e. The number of amides is 1. The third kappa shape index (κ3) is 3.35. The van der Waals surface area contributed by atoms with Crippen molar-refractivity contribution in [2.75, 3.05) is 13.1 Å². The first-order valence-electron chi connectivity index (χ1n) is 8.39. The number of carbonyl (C=O) groups excluding carboxylic acids is 1. The Balaban J connectivity index is 1.71. The van der Waals surface area contributed by atoms with Crippen LogP contribution in [0.1, 0.15) is 57.8 Å². The summed E-state index contributed by atoms with van der Waals surface area (Å²) in [6.07, 6.45) is 2.85. The van der Waals surface area contributed by atoms with Crippen molar-refractivity contribution in [2.45, 2.75) is 32.1 Å². The highest BCUT2D eigenvalue weighted by Gasteiger charge is 2.26. The van der Waals surface area contributed by atoms with E-state index in [1.165, 1.54) is 0 Å². The maximum atomic E-state index is 12.7. The first-order valence-corrected chi connectivity index (χ1v) is 8.39. The van der Waals surface area contributed by atoms with Crippen LogP contribution in [-0.2, 0) is 6.42 Å². The van der Waals surface area contributed by atoms with Gasteiger partial charge in [-0.1, -0.05) is 19.1 Å². The smallest absolute Gasteiger partial charge is 0.335 e. The van der Waals surface area contributed by atoms with Gasteiger partial charge in [-0.05, 0) is 49.1 Å². The molecular weight excluding hydrogens is 304 g/mol. The average Bonchev–Trinajstić information content (AvgIpc) is 3.10. The molecule has 1 amide bonds. The van der Waals surface area contributed by atoms with Crippen molar-refractivity contribution in [3.8, 4) is 0 Å². The summed E-state index contributed by atoms with van der Waals surface area (Å²) in [4.78, 5) is 28.7. The van der Waals surface area contributed by atoms with Crippen LogP contribution in [0.4, 0.5) is 0 Å². The fourth-order valence-corrected chi connectivity index (χ4v) is 3.27. The topological polar surface area (TPSA) is 73.4 Å². The fraction of sp³-hybridized carbons (Fsp3) is 0.368. The molecule has 5 heteroatoms. The van der Waals surface area contributed by atoms with E-state index in [1.54, 1.807) is 12.1 Å². The van der Waals surface area contributed by atoms with E-state index in [1.807, 2.05) is 29.2 Å². The first kappa shape index (κ1) is 16.3. The second kappa shape index (κ2) is 6.91. The molecule has 0 spiro atoms. The minimum Gasteiger partial charge on any atom is -0.478 e. The number of benzene rings is 1. The number of piperidine rings is 1. The third-order valence-electron chi connectivity index (χ3n) is 4.70. The number of aromatic amines is 1. The van der Waals surface area contributed by atoms with Crippen molar-refractivity contribution < 1.29 is 14.7 Å². The molecule has 0 unspecified atom stereocenters. The van der Waals surface area contributed by atoms with Gasteiger partial charge in [0.2, 0.25) is 0 Å². The molecule has 1 saturated heterocycles. The van der Waals surface area contributed by atoms with Crippen LogP contribution in [0.5, 0.6) is 0 Å². The third-order valence-corrected chi connectivity index (χ3v) is 4.70. The summed E-state index contributed by atoms with van der Waals surface area (Å²) in [6, 6.07) is 10.8. The van der Waals surface area contributed by atoms with Crippen LogP contribution in [0.2, 0.25) is 0 Å². The second-order valence-electron chi connectivity index (χ2n) is 6.27. The highest BCUT2D eigenvalue weighted by atomic mass is 16.4. The van der Waals surface area contributed by atoms with E-state index < -0.39 is 5.97 Å². The lowest BCUT2D eigenvalue weighted by molar-refractivity contribution is 0.0692. The molecule has 1 aromatic carbocycles.